The molecule has 0 spiro atoms. The third-order valence-corrected chi connectivity index (χ3v) is 2.62. The number of amides is 1. The van der Waals surface area contributed by atoms with Gasteiger partial charge in [-0.25, -0.2) is 0 Å². The fourth-order valence-electron chi connectivity index (χ4n) is 1.58. The zero-order valence-electron chi connectivity index (χ0n) is 10.8. The van der Waals surface area contributed by atoms with Crippen LogP contribution in [0.1, 0.15) is 12.6 Å². The molecule has 1 amide bonds. The maximum absolute atomic E-state index is 11.8. The van der Waals surface area contributed by atoms with Gasteiger partial charge in [-0.05, 0) is 31.2 Å². The number of H-pyrrole nitrogens is 2. The summed E-state index contributed by atoms with van der Waals surface area (Å²) >= 11 is 0. The van der Waals surface area contributed by atoms with Gasteiger partial charge in [0, 0.05) is 6.07 Å². The van der Waals surface area contributed by atoms with Crippen LogP contribution in [0.15, 0.2) is 35.1 Å². The molecule has 0 aliphatic heterocycles. The summed E-state index contributed by atoms with van der Waals surface area (Å²) in [6, 6.07) is 7.46. The number of hydrogen-bond acceptors (Lipinski definition) is 4. The lowest BCUT2D eigenvalue weighted by atomic mass is 10.3. The van der Waals surface area contributed by atoms with E-state index >= 15 is 0 Å². The van der Waals surface area contributed by atoms with Crippen LogP contribution < -0.4 is 15.6 Å². The molecular weight excluding hydrogens is 262 g/mol. The lowest BCUT2D eigenvalue weighted by Gasteiger charge is -2.14. The second-order valence-electron chi connectivity index (χ2n) is 4.26. The summed E-state index contributed by atoms with van der Waals surface area (Å²) in [5.41, 5.74) is 0.336. The third-order valence-electron chi connectivity index (χ3n) is 2.62. The van der Waals surface area contributed by atoms with E-state index in [0.29, 0.717) is 11.4 Å². The highest BCUT2D eigenvalue weighted by atomic mass is 16.5. The van der Waals surface area contributed by atoms with Gasteiger partial charge in [0.15, 0.2) is 6.10 Å². The molecule has 1 aromatic carbocycles. The molecule has 0 radical (unpaired) electrons. The second kappa shape index (κ2) is 5.96. The Morgan fingerprint density at radius 3 is 2.65 bits per heavy atom. The number of ether oxygens (including phenoxy) is 1. The van der Waals surface area contributed by atoms with Crippen LogP contribution in [0.2, 0.25) is 0 Å². The molecule has 1 aromatic heterocycles. The largest absolute Gasteiger partial charge is 0.508 e. The number of phenolic OH excluding ortho intramolecular Hbond substituents is 1. The Hall–Kier alpha value is -2.70. The van der Waals surface area contributed by atoms with Crippen molar-refractivity contribution in [2.24, 2.45) is 0 Å². The Kier molecular flexibility index (Phi) is 4.09. The number of aromatic hydroxyl groups is 1. The molecule has 0 aliphatic carbocycles. The lowest BCUT2D eigenvalue weighted by molar-refractivity contribution is -0.127. The fourth-order valence-corrected chi connectivity index (χ4v) is 1.58. The van der Waals surface area contributed by atoms with Crippen molar-refractivity contribution in [2.45, 2.75) is 19.6 Å². The maximum atomic E-state index is 11.8. The first-order valence-electron chi connectivity index (χ1n) is 6.04. The molecule has 0 saturated carbocycles. The molecule has 0 bridgehead atoms. The van der Waals surface area contributed by atoms with Gasteiger partial charge in [-0.15, -0.1) is 0 Å². The number of aromatic amines is 2. The molecule has 1 atom stereocenters. The number of carbonyl (C=O) groups is 1. The molecule has 106 valence electrons. The number of phenols is 1. The smallest absolute Gasteiger partial charge is 0.264 e. The predicted octanol–water partition coefficient (Wildman–Crippen LogP) is 0.492. The molecule has 20 heavy (non-hydrogen) atoms. The highest BCUT2D eigenvalue weighted by molar-refractivity contribution is 5.80. The van der Waals surface area contributed by atoms with Crippen molar-refractivity contribution in [3.63, 3.8) is 0 Å². The van der Waals surface area contributed by atoms with Gasteiger partial charge in [0.05, 0.1) is 12.2 Å². The van der Waals surface area contributed by atoms with Crippen LogP contribution in [0.3, 0.4) is 0 Å². The van der Waals surface area contributed by atoms with Gasteiger partial charge in [0.1, 0.15) is 11.5 Å². The molecule has 7 nitrogen and oxygen atoms in total. The van der Waals surface area contributed by atoms with Gasteiger partial charge in [0.25, 0.3) is 11.5 Å². The van der Waals surface area contributed by atoms with Gasteiger partial charge in [-0.2, -0.15) is 0 Å². The van der Waals surface area contributed by atoms with Gasteiger partial charge < -0.3 is 20.3 Å². The Morgan fingerprint density at radius 2 is 2.05 bits per heavy atom. The maximum Gasteiger partial charge on any atom is 0.264 e. The summed E-state index contributed by atoms with van der Waals surface area (Å²) < 4.78 is 5.42. The zero-order chi connectivity index (χ0) is 14.5. The van der Waals surface area contributed by atoms with Crippen molar-refractivity contribution in [2.75, 3.05) is 0 Å². The molecule has 2 aromatic rings. The zero-order valence-corrected chi connectivity index (χ0v) is 10.8. The van der Waals surface area contributed by atoms with E-state index in [0.717, 1.165) is 0 Å². The van der Waals surface area contributed by atoms with Crippen LogP contribution in [0, 0.1) is 0 Å². The summed E-state index contributed by atoms with van der Waals surface area (Å²) in [6.07, 6.45) is -0.690. The normalized spacial score (nSPS) is 11.8. The topological polar surface area (TPSA) is 107 Å². The van der Waals surface area contributed by atoms with Crippen molar-refractivity contribution in [3.05, 3.63) is 46.4 Å². The van der Waals surface area contributed by atoms with Gasteiger partial charge in [-0.3, -0.25) is 14.7 Å². The van der Waals surface area contributed by atoms with Gasteiger partial charge in [-0.1, -0.05) is 0 Å². The monoisotopic (exact) mass is 277 g/mol. The Balaban J connectivity index is 1.85. The first-order chi connectivity index (χ1) is 9.54. The van der Waals surface area contributed by atoms with E-state index in [9.17, 15) is 9.59 Å². The first kappa shape index (κ1) is 13.7. The Morgan fingerprint density at radius 1 is 1.35 bits per heavy atom. The average molecular weight is 277 g/mol. The van der Waals surface area contributed by atoms with E-state index in [2.05, 4.69) is 15.5 Å². The molecule has 1 heterocycles. The number of hydrogen-bond donors (Lipinski definition) is 4. The number of aromatic nitrogens is 2. The van der Waals surface area contributed by atoms with Crippen molar-refractivity contribution in [1.82, 2.24) is 15.5 Å². The SMILES string of the molecule is CC(Oc1ccc(O)cc1)C(=O)NCc1cc(=O)[nH][nH]1. The van der Waals surface area contributed by atoms with Crippen LogP contribution in [-0.2, 0) is 11.3 Å². The van der Waals surface area contributed by atoms with E-state index in [4.69, 9.17) is 9.84 Å². The highest BCUT2D eigenvalue weighted by Gasteiger charge is 2.14. The number of carbonyl (C=O) groups excluding carboxylic acids is 1. The number of benzene rings is 1. The molecule has 0 saturated heterocycles. The van der Waals surface area contributed by atoms with Crippen molar-refractivity contribution in [1.29, 1.82) is 0 Å². The second-order valence-corrected chi connectivity index (χ2v) is 4.26. The van der Waals surface area contributed by atoms with E-state index < -0.39 is 6.10 Å². The summed E-state index contributed by atoms with van der Waals surface area (Å²) in [5, 5.41) is 16.8. The number of rotatable bonds is 5. The molecular formula is C13H15N3O4. The van der Waals surface area contributed by atoms with Crippen LogP contribution in [-0.4, -0.2) is 27.3 Å². The number of nitrogens with one attached hydrogen (secondary N) is 3. The summed E-state index contributed by atoms with van der Waals surface area (Å²) in [5.74, 6) is 0.312. The van der Waals surface area contributed by atoms with E-state index in [1.54, 1.807) is 19.1 Å². The van der Waals surface area contributed by atoms with Crippen molar-refractivity contribution >= 4 is 5.91 Å². The average Bonchev–Trinajstić information content (AvgIpc) is 2.84. The lowest BCUT2D eigenvalue weighted by Crippen LogP contribution is -2.36. The van der Waals surface area contributed by atoms with Crippen molar-refractivity contribution in [3.8, 4) is 11.5 Å². The van der Waals surface area contributed by atoms with E-state index in [1.807, 2.05) is 0 Å². The molecule has 7 heteroatoms. The van der Waals surface area contributed by atoms with Crippen molar-refractivity contribution < 1.29 is 14.6 Å². The Labute approximate surface area is 114 Å². The minimum Gasteiger partial charge on any atom is -0.508 e. The first-order valence-corrected chi connectivity index (χ1v) is 6.04. The quantitative estimate of drug-likeness (QED) is 0.638. The third kappa shape index (κ3) is 3.64. The Bertz CT molecular complexity index is 630. The van der Waals surface area contributed by atoms with Crippen LogP contribution in [0.25, 0.3) is 0 Å². The standard InChI is InChI=1S/C13H15N3O4/c1-8(20-11-4-2-10(17)3-5-11)13(19)14-7-9-6-12(18)16-15-9/h2-6,8,17H,7H2,1H3,(H,14,19)(H2,15,16,18). The minimum atomic E-state index is -0.690. The minimum absolute atomic E-state index is 0.130. The summed E-state index contributed by atoms with van der Waals surface area (Å²) in [4.78, 5) is 22.7. The molecule has 0 aliphatic rings. The molecule has 0 fully saturated rings. The molecule has 2 rings (SSSR count). The van der Waals surface area contributed by atoms with Gasteiger partial charge in [0.2, 0.25) is 0 Å². The predicted molar refractivity (Wildman–Crippen MR) is 71.5 cm³/mol. The van der Waals surface area contributed by atoms with Crippen LogP contribution >= 0.6 is 0 Å². The molecule has 1 unspecified atom stereocenters. The summed E-state index contributed by atoms with van der Waals surface area (Å²) in [6.45, 7) is 1.82. The van der Waals surface area contributed by atoms with Crippen LogP contribution in [0.4, 0.5) is 0 Å². The van der Waals surface area contributed by atoms with E-state index in [1.165, 1.54) is 18.2 Å². The fraction of sp³-hybridized carbons (Fsp3) is 0.231. The molecule has 4 N–H and O–H groups in total. The van der Waals surface area contributed by atoms with E-state index in [-0.39, 0.29) is 23.8 Å². The van der Waals surface area contributed by atoms with Crippen LogP contribution in [0.5, 0.6) is 11.5 Å². The summed E-state index contributed by atoms with van der Waals surface area (Å²) in [7, 11) is 0. The van der Waals surface area contributed by atoms with Gasteiger partial charge >= 0.3 is 0 Å². The highest BCUT2D eigenvalue weighted by Crippen LogP contribution is 2.17.